The summed E-state index contributed by atoms with van der Waals surface area (Å²) in [6.45, 7) is 6.50. The van der Waals surface area contributed by atoms with Crippen LogP contribution in [0, 0.1) is 5.92 Å². The van der Waals surface area contributed by atoms with Crippen molar-refractivity contribution in [1.82, 2.24) is 0 Å². The minimum Gasteiger partial charge on any atom is -0.378 e. The first-order valence-electron chi connectivity index (χ1n) is 5.19. The third-order valence-electron chi connectivity index (χ3n) is 2.51. The van der Waals surface area contributed by atoms with Crippen LogP contribution in [-0.4, -0.2) is 19.0 Å². The highest BCUT2D eigenvalue weighted by Crippen LogP contribution is 2.23. The second-order valence-corrected chi connectivity index (χ2v) is 4.35. The fraction of sp³-hybridized carbons (Fsp3) is 0.750. The summed E-state index contributed by atoms with van der Waals surface area (Å²) in [6.07, 6.45) is 7.20. The van der Waals surface area contributed by atoms with Crippen LogP contribution in [0.25, 0.3) is 0 Å². The minimum absolute atomic E-state index is 0.121. The lowest BCUT2D eigenvalue weighted by atomic mass is 9.92. The topological polar surface area (TPSA) is 26.3 Å². The molecule has 0 fully saturated rings. The highest BCUT2D eigenvalue weighted by molar-refractivity contribution is 5.64. The van der Waals surface area contributed by atoms with Gasteiger partial charge in [0.05, 0.1) is 5.60 Å². The summed E-state index contributed by atoms with van der Waals surface area (Å²) in [7, 11) is 1.73. The predicted octanol–water partition coefficient (Wildman–Crippen LogP) is 2.97. The molecule has 0 saturated carbocycles. The van der Waals surface area contributed by atoms with Crippen LogP contribution in [-0.2, 0) is 9.53 Å². The smallest absolute Gasteiger partial charge is 0.142 e. The van der Waals surface area contributed by atoms with Crippen molar-refractivity contribution in [3.63, 3.8) is 0 Å². The number of methoxy groups -OCH3 is 1. The zero-order valence-corrected chi connectivity index (χ0v) is 9.75. The van der Waals surface area contributed by atoms with E-state index < -0.39 is 0 Å². The average molecular weight is 198 g/mol. The van der Waals surface area contributed by atoms with Crippen molar-refractivity contribution in [2.45, 2.75) is 45.6 Å². The molecular formula is C12H22O2. The van der Waals surface area contributed by atoms with Crippen molar-refractivity contribution in [2.24, 2.45) is 5.92 Å². The van der Waals surface area contributed by atoms with Gasteiger partial charge in [-0.05, 0) is 38.2 Å². The summed E-state index contributed by atoms with van der Waals surface area (Å²) < 4.78 is 5.47. The van der Waals surface area contributed by atoms with Gasteiger partial charge in [0.25, 0.3) is 0 Å². The molecule has 0 N–H and O–H groups in total. The Bertz CT molecular complexity index is 185. The first-order chi connectivity index (χ1) is 6.54. The van der Waals surface area contributed by atoms with Crippen LogP contribution in [0.4, 0.5) is 0 Å². The quantitative estimate of drug-likeness (QED) is 0.464. The van der Waals surface area contributed by atoms with E-state index in [-0.39, 0.29) is 5.60 Å². The van der Waals surface area contributed by atoms with E-state index in [0.29, 0.717) is 5.92 Å². The van der Waals surface area contributed by atoms with E-state index >= 15 is 0 Å². The van der Waals surface area contributed by atoms with Gasteiger partial charge < -0.3 is 4.74 Å². The predicted molar refractivity (Wildman–Crippen MR) is 59.3 cm³/mol. The summed E-state index contributed by atoms with van der Waals surface area (Å²) in [4.78, 5) is 10.1. The Morgan fingerprint density at radius 3 is 2.50 bits per heavy atom. The fourth-order valence-corrected chi connectivity index (χ4v) is 1.25. The summed E-state index contributed by atoms with van der Waals surface area (Å²) in [5.74, 6) is 0.694. The number of allylic oxidation sites excluding steroid dienone is 1. The molecule has 2 heteroatoms. The van der Waals surface area contributed by atoms with Gasteiger partial charge in [0, 0.05) is 7.11 Å². The number of hydrogen-bond acceptors (Lipinski definition) is 2. The van der Waals surface area contributed by atoms with E-state index in [4.69, 9.17) is 4.74 Å². The monoisotopic (exact) mass is 198 g/mol. The second kappa shape index (κ2) is 6.77. The molecule has 1 unspecified atom stereocenters. The molecule has 0 rings (SSSR count). The standard InChI is InChI=1S/C12H22O2/c1-11(2)7-9-12(3,14-4)8-5-6-10-13/h5-6,10-11H,7-9H2,1-4H3/b6-5+. The SMILES string of the molecule is COC(C)(C/C=C/C=O)CCC(C)C. The zero-order valence-electron chi connectivity index (χ0n) is 9.75. The first-order valence-corrected chi connectivity index (χ1v) is 5.19. The molecule has 0 aliphatic carbocycles. The summed E-state index contributed by atoms with van der Waals surface area (Å²) in [5.41, 5.74) is -0.121. The van der Waals surface area contributed by atoms with E-state index in [1.807, 2.05) is 6.08 Å². The van der Waals surface area contributed by atoms with Crippen LogP contribution in [0.3, 0.4) is 0 Å². The summed E-state index contributed by atoms with van der Waals surface area (Å²) >= 11 is 0. The van der Waals surface area contributed by atoms with Crippen LogP contribution < -0.4 is 0 Å². The Labute approximate surface area is 87.3 Å². The molecule has 0 bridgehead atoms. The Hall–Kier alpha value is -0.630. The molecule has 1 atom stereocenters. The van der Waals surface area contributed by atoms with Gasteiger partial charge in [0.2, 0.25) is 0 Å². The van der Waals surface area contributed by atoms with Gasteiger partial charge in [0.15, 0.2) is 0 Å². The Morgan fingerprint density at radius 1 is 1.43 bits per heavy atom. The number of aldehydes is 1. The van der Waals surface area contributed by atoms with Crippen LogP contribution in [0.5, 0.6) is 0 Å². The van der Waals surface area contributed by atoms with E-state index in [0.717, 1.165) is 25.5 Å². The zero-order chi connectivity index (χ0) is 11.0. The highest BCUT2D eigenvalue weighted by Gasteiger charge is 2.21. The summed E-state index contributed by atoms with van der Waals surface area (Å²) in [5, 5.41) is 0. The van der Waals surface area contributed by atoms with Gasteiger partial charge in [-0.1, -0.05) is 19.9 Å². The normalized spacial score (nSPS) is 16.1. The molecule has 0 radical (unpaired) electrons. The maximum Gasteiger partial charge on any atom is 0.142 e. The van der Waals surface area contributed by atoms with Gasteiger partial charge in [-0.15, -0.1) is 0 Å². The van der Waals surface area contributed by atoms with Gasteiger partial charge in [-0.3, -0.25) is 4.79 Å². The molecule has 82 valence electrons. The lowest BCUT2D eigenvalue weighted by Gasteiger charge is -2.27. The minimum atomic E-state index is -0.121. The molecule has 0 amide bonds. The molecule has 0 saturated heterocycles. The van der Waals surface area contributed by atoms with Crippen molar-refractivity contribution in [1.29, 1.82) is 0 Å². The van der Waals surface area contributed by atoms with E-state index in [1.165, 1.54) is 6.08 Å². The van der Waals surface area contributed by atoms with E-state index in [9.17, 15) is 4.79 Å². The molecule has 0 aliphatic heterocycles. The maximum absolute atomic E-state index is 10.1. The van der Waals surface area contributed by atoms with E-state index in [2.05, 4.69) is 20.8 Å². The van der Waals surface area contributed by atoms with Crippen molar-refractivity contribution in [3.8, 4) is 0 Å². The molecule has 0 spiro atoms. The Morgan fingerprint density at radius 2 is 2.07 bits per heavy atom. The third kappa shape index (κ3) is 5.92. The van der Waals surface area contributed by atoms with Gasteiger partial charge in [0.1, 0.15) is 6.29 Å². The molecule has 2 nitrogen and oxygen atoms in total. The molecule has 0 aromatic carbocycles. The number of ether oxygens (including phenoxy) is 1. The van der Waals surface area contributed by atoms with Crippen molar-refractivity contribution in [2.75, 3.05) is 7.11 Å². The Kier molecular flexibility index (Phi) is 6.46. The van der Waals surface area contributed by atoms with Crippen molar-refractivity contribution in [3.05, 3.63) is 12.2 Å². The first kappa shape index (κ1) is 13.4. The summed E-state index contributed by atoms with van der Waals surface area (Å²) in [6, 6.07) is 0. The van der Waals surface area contributed by atoms with Gasteiger partial charge in [-0.2, -0.15) is 0 Å². The average Bonchev–Trinajstić information content (AvgIpc) is 2.15. The molecule has 0 aromatic heterocycles. The highest BCUT2D eigenvalue weighted by atomic mass is 16.5. The molecule has 14 heavy (non-hydrogen) atoms. The number of carbonyl (C=O) groups is 1. The number of rotatable bonds is 7. The van der Waals surface area contributed by atoms with Crippen LogP contribution >= 0.6 is 0 Å². The van der Waals surface area contributed by atoms with Crippen LogP contribution in [0.2, 0.25) is 0 Å². The fourth-order valence-electron chi connectivity index (χ4n) is 1.25. The second-order valence-electron chi connectivity index (χ2n) is 4.35. The van der Waals surface area contributed by atoms with Gasteiger partial charge in [-0.25, -0.2) is 0 Å². The van der Waals surface area contributed by atoms with Crippen molar-refractivity contribution < 1.29 is 9.53 Å². The lowest BCUT2D eigenvalue weighted by Crippen LogP contribution is -2.26. The van der Waals surface area contributed by atoms with Gasteiger partial charge >= 0.3 is 0 Å². The number of carbonyl (C=O) groups excluding carboxylic acids is 1. The molecule has 0 aromatic rings. The van der Waals surface area contributed by atoms with Crippen LogP contribution in [0.15, 0.2) is 12.2 Å². The largest absolute Gasteiger partial charge is 0.378 e. The molecular weight excluding hydrogens is 176 g/mol. The Balaban J connectivity index is 4.03. The maximum atomic E-state index is 10.1. The number of hydrogen-bond donors (Lipinski definition) is 0. The molecule has 0 aliphatic rings. The third-order valence-corrected chi connectivity index (χ3v) is 2.51. The lowest BCUT2D eigenvalue weighted by molar-refractivity contribution is -0.104. The van der Waals surface area contributed by atoms with Crippen LogP contribution in [0.1, 0.15) is 40.0 Å². The van der Waals surface area contributed by atoms with Crippen molar-refractivity contribution >= 4 is 6.29 Å². The molecule has 0 heterocycles. The van der Waals surface area contributed by atoms with E-state index in [1.54, 1.807) is 7.11 Å².